The van der Waals surface area contributed by atoms with E-state index in [0.29, 0.717) is 13.1 Å². The van der Waals surface area contributed by atoms with Gasteiger partial charge in [-0.3, -0.25) is 4.79 Å². The molecule has 0 bridgehead atoms. The van der Waals surface area contributed by atoms with Gasteiger partial charge < -0.3 is 15.2 Å². The molecular weight excluding hydrogens is 170 g/mol. The van der Waals surface area contributed by atoms with Crippen LogP contribution in [0.3, 0.4) is 0 Å². The molecule has 0 fully saturated rings. The van der Waals surface area contributed by atoms with E-state index >= 15 is 0 Å². The van der Waals surface area contributed by atoms with Crippen LogP contribution in [0, 0.1) is 0 Å². The van der Waals surface area contributed by atoms with Crippen molar-refractivity contribution in [2.75, 3.05) is 13.6 Å². The Bertz CT molecular complexity index is 282. The number of carbonyl (C=O) groups is 1. The quantitative estimate of drug-likeness (QED) is 0.605. The van der Waals surface area contributed by atoms with Crippen LogP contribution in [0.25, 0.3) is 0 Å². The summed E-state index contributed by atoms with van der Waals surface area (Å²) in [7, 11) is 3.46. The van der Waals surface area contributed by atoms with Gasteiger partial charge >= 0.3 is 0 Å². The summed E-state index contributed by atoms with van der Waals surface area (Å²) in [4.78, 5) is 10.8. The molecule has 13 heavy (non-hydrogen) atoms. The number of hydrogen-bond donors (Lipinski definition) is 2. The van der Waals surface area contributed by atoms with Gasteiger partial charge in [-0.2, -0.15) is 0 Å². The summed E-state index contributed by atoms with van der Waals surface area (Å²) in [5.41, 5.74) is 0. The molecule has 0 aliphatic carbocycles. The van der Waals surface area contributed by atoms with E-state index in [0.717, 1.165) is 5.82 Å². The molecule has 0 aliphatic heterocycles. The molecule has 1 heterocycles. The van der Waals surface area contributed by atoms with Gasteiger partial charge in [-0.05, 0) is 0 Å². The zero-order valence-corrected chi connectivity index (χ0v) is 7.74. The Balaban J connectivity index is 2.28. The zero-order chi connectivity index (χ0) is 9.68. The van der Waals surface area contributed by atoms with Crippen molar-refractivity contribution in [2.24, 2.45) is 7.05 Å². The van der Waals surface area contributed by atoms with Crippen molar-refractivity contribution in [3.8, 4) is 0 Å². The van der Waals surface area contributed by atoms with E-state index in [4.69, 9.17) is 0 Å². The fourth-order valence-electron chi connectivity index (χ4n) is 0.843. The van der Waals surface area contributed by atoms with Gasteiger partial charge in [0, 0.05) is 14.1 Å². The van der Waals surface area contributed by atoms with E-state index in [9.17, 15) is 4.79 Å². The van der Waals surface area contributed by atoms with Gasteiger partial charge in [0.2, 0.25) is 5.91 Å². The Hall–Kier alpha value is -1.43. The fourth-order valence-corrected chi connectivity index (χ4v) is 0.843. The van der Waals surface area contributed by atoms with Crippen LogP contribution in [0.2, 0.25) is 0 Å². The largest absolute Gasteiger partial charge is 0.358 e. The summed E-state index contributed by atoms with van der Waals surface area (Å²) in [6, 6.07) is 0. The van der Waals surface area contributed by atoms with Gasteiger partial charge in [0.05, 0.1) is 13.1 Å². The molecule has 1 aromatic heterocycles. The first-order chi connectivity index (χ1) is 6.24. The monoisotopic (exact) mass is 183 g/mol. The fraction of sp³-hybridized carbons (Fsp3) is 0.571. The van der Waals surface area contributed by atoms with Gasteiger partial charge in [0.1, 0.15) is 12.2 Å². The number of likely N-dealkylation sites (N-methyl/N-ethyl adjacent to an activating group) is 1. The number of nitrogens with one attached hydrogen (secondary N) is 2. The molecule has 0 aliphatic rings. The second kappa shape index (κ2) is 4.56. The van der Waals surface area contributed by atoms with Gasteiger partial charge in [-0.25, -0.2) is 0 Å². The van der Waals surface area contributed by atoms with Crippen LogP contribution in [-0.2, 0) is 18.4 Å². The van der Waals surface area contributed by atoms with Crippen molar-refractivity contribution in [3.63, 3.8) is 0 Å². The van der Waals surface area contributed by atoms with E-state index in [-0.39, 0.29) is 5.91 Å². The molecule has 6 heteroatoms. The van der Waals surface area contributed by atoms with E-state index in [2.05, 4.69) is 20.8 Å². The van der Waals surface area contributed by atoms with Crippen LogP contribution in [-0.4, -0.2) is 34.3 Å². The SMILES string of the molecule is CNC(=O)CNCc1nncn1C. The van der Waals surface area contributed by atoms with Crippen molar-refractivity contribution >= 4 is 5.91 Å². The highest BCUT2D eigenvalue weighted by molar-refractivity contribution is 5.77. The van der Waals surface area contributed by atoms with E-state index in [1.54, 1.807) is 17.9 Å². The first-order valence-corrected chi connectivity index (χ1v) is 3.98. The summed E-state index contributed by atoms with van der Waals surface area (Å²) in [5, 5.41) is 13.0. The lowest BCUT2D eigenvalue weighted by atomic mass is 10.5. The Labute approximate surface area is 76.3 Å². The Morgan fingerprint density at radius 2 is 2.46 bits per heavy atom. The highest BCUT2D eigenvalue weighted by atomic mass is 16.1. The first kappa shape index (κ1) is 9.66. The normalized spacial score (nSPS) is 10.0. The Kier molecular flexibility index (Phi) is 3.39. The maximum atomic E-state index is 10.8. The zero-order valence-electron chi connectivity index (χ0n) is 7.74. The number of amides is 1. The summed E-state index contributed by atoms with van der Waals surface area (Å²) < 4.78 is 1.80. The molecule has 0 unspecified atom stereocenters. The minimum atomic E-state index is -0.0397. The van der Waals surface area contributed by atoms with Gasteiger partial charge in [-0.1, -0.05) is 0 Å². The van der Waals surface area contributed by atoms with E-state index in [1.807, 2.05) is 7.05 Å². The Morgan fingerprint density at radius 1 is 1.69 bits per heavy atom. The molecule has 6 nitrogen and oxygen atoms in total. The van der Waals surface area contributed by atoms with Crippen molar-refractivity contribution in [1.82, 2.24) is 25.4 Å². The minimum absolute atomic E-state index is 0.0397. The van der Waals surface area contributed by atoms with Crippen LogP contribution in [0.5, 0.6) is 0 Å². The van der Waals surface area contributed by atoms with Gasteiger partial charge in [-0.15, -0.1) is 10.2 Å². The molecular formula is C7H13N5O. The number of aromatic nitrogens is 3. The van der Waals surface area contributed by atoms with E-state index in [1.165, 1.54) is 0 Å². The summed E-state index contributed by atoms with van der Waals surface area (Å²) in [6.45, 7) is 0.841. The van der Waals surface area contributed by atoms with Crippen LogP contribution in [0.4, 0.5) is 0 Å². The lowest BCUT2D eigenvalue weighted by Crippen LogP contribution is -2.31. The van der Waals surface area contributed by atoms with Crippen LogP contribution >= 0.6 is 0 Å². The van der Waals surface area contributed by atoms with Crippen LogP contribution in [0.1, 0.15) is 5.82 Å². The average molecular weight is 183 g/mol. The second-order valence-corrected chi connectivity index (χ2v) is 2.63. The summed E-state index contributed by atoms with van der Waals surface area (Å²) in [5.74, 6) is 0.770. The maximum Gasteiger partial charge on any atom is 0.233 e. The standard InChI is InChI=1S/C7H13N5O/c1-8-7(13)4-9-3-6-11-10-5-12(6)2/h5,9H,3-4H2,1-2H3,(H,8,13). The van der Waals surface area contributed by atoms with Crippen molar-refractivity contribution < 1.29 is 4.79 Å². The highest BCUT2D eigenvalue weighted by Crippen LogP contribution is 1.88. The number of hydrogen-bond acceptors (Lipinski definition) is 4. The predicted octanol–water partition coefficient (Wildman–Crippen LogP) is -1.35. The summed E-state index contributed by atoms with van der Waals surface area (Å²) >= 11 is 0. The van der Waals surface area contributed by atoms with Gasteiger partial charge in [0.15, 0.2) is 0 Å². The van der Waals surface area contributed by atoms with Crippen molar-refractivity contribution in [2.45, 2.75) is 6.54 Å². The third-order valence-corrected chi connectivity index (χ3v) is 1.65. The van der Waals surface area contributed by atoms with E-state index < -0.39 is 0 Å². The summed E-state index contributed by atoms with van der Waals surface area (Å²) in [6.07, 6.45) is 1.62. The molecule has 0 radical (unpaired) electrons. The molecule has 1 aromatic rings. The molecule has 2 N–H and O–H groups in total. The van der Waals surface area contributed by atoms with Crippen LogP contribution < -0.4 is 10.6 Å². The lowest BCUT2D eigenvalue weighted by Gasteiger charge is -2.02. The molecule has 0 spiro atoms. The molecule has 1 rings (SSSR count). The molecule has 0 saturated carbocycles. The average Bonchev–Trinajstić information content (AvgIpc) is 2.52. The predicted molar refractivity (Wildman–Crippen MR) is 46.8 cm³/mol. The van der Waals surface area contributed by atoms with Gasteiger partial charge in [0.25, 0.3) is 0 Å². The minimum Gasteiger partial charge on any atom is -0.358 e. The first-order valence-electron chi connectivity index (χ1n) is 3.98. The molecule has 0 aromatic carbocycles. The smallest absolute Gasteiger partial charge is 0.233 e. The van der Waals surface area contributed by atoms with Crippen molar-refractivity contribution in [1.29, 1.82) is 0 Å². The highest BCUT2D eigenvalue weighted by Gasteiger charge is 2.01. The lowest BCUT2D eigenvalue weighted by molar-refractivity contribution is -0.119. The third-order valence-electron chi connectivity index (χ3n) is 1.65. The van der Waals surface area contributed by atoms with Crippen molar-refractivity contribution in [3.05, 3.63) is 12.2 Å². The van der Waals surface area contributed by atoms with Crippen LogP contribution in [0.15, 0.2) is 6.33 Å². The Morgan fingerprint density at radius 3 is 3.00 bits per heavy atom. The number of aryl methyl sites for hydroxylation is 1. The molecule has 0 saturated heterocycles. The third kappa shape index (κ3) is 2.83. The molecule has 1 amide bonds. The number of carbonyl (C=O) groups excluding carboxylic acids is 1. The number of nitrogens with zero attached hydrogens (tertiary/aromatic N) is 3. The topological polar surface area (TPSA) is 71.8 Å². The maximum absolute atomic E-state index is 10.8. The molecule has 72 valence electrons. The second-order valence-electron chi connectivity index (χ2n) is 2.63. The molecule has 0 atom stereocenters. The number of rotatable bonds is 4.